The van der Waals surface area contributed by atoms with Gasteiger partial charge in [-0.1, -0.05) is 30.3 Å². The summed E-state index contributed by atoms with van der Waals surface area (Å²) >= 11 is 0. The molecule has 1 aromatic heterocycles. The second-order valence-corrected chi connectivity index (χ2v) is 4.47. The molecule has 18 heavy (non-hydrogen) atoms. The maximum absolute atomic E-state index is 9.44. The third kappa shape index (κ3) is 3.45. The van der Waals surface area contributed by atoms with Gasteiger partial charge in [0.2, 0.25) is 0 Å². The lowest BCUT2D eigenvalue weighted by atomic mass is 10.1. The van der Waals surface area contributed by atoms with Gasteiger partial charge in [0.25, 0.3) is 0 Å². The van der Waals surface area contributed by atoms with Gasteiger partial charge in [-0.3, -0.25) is 0 Å². The van der Waals surface area contributed by atoms with Crippen molar-refractivity contribution in [1.29, 1.82) is 0 Å². The Hall–Kier alpha value is -1.58. The predicted octanol–water partition coefficient (Wildman–Crippen LogP) is 2.53. The van der Waals surface area contributed by atoms with Crippen LogP contribution in [0.4, 0.5) is 0 Å². The topological polar surface area (TPSA) is 45.4 Å². The molecule has 3 heteroatoms. The Bertz CT molecular complexity index is 439. The predicted molar refractivity (Wildman–Crippen MR) is 71.3 cm³/mol. The van der Waals surface area contributed by atoms with Crippen molar-refractivity contribution in [1.82, 2.24) is 5.32 Å². The van der Waals surface area contributed by atoms with Gasteiger partial charge in [-0.25, -0.2) is 0 Å². The van der Waals surface area contributed by atoms with Crippen LogP contribution in [-0.2, 0) is 6.42 Å². The SMILES string of the molecule is CC(N[C@H](CO)Cc1ccccc1)c1ccco1. The fourth-order valence-corrected chi connectivity index (χ4v) is 2.05. The van der Waals surface area contributed by atoms with Crippen molar-refractivity contribution in [3.63, 3.8) is 0 Å². The van der Waals surface area contributed by atoms with Crippen molar-refractivity contribution >= 4 is 0 Å². The third-order valence-corrected chi connectivity index (χ3v) is 3.00. The van der Waals surface area contributed by atoms with Crippen molar-refractivity contribution < 1.29 is 9.52 Å². The lowest BCUT2D eigenvalue weighted by Crippen LogP contribution is -2.36. The standard InChI is InChI=1S/C15H19NO2/c1-12(15-8-5-9-18-15)16-14(11-17)10-13-6-3-2-4-7-13/h2-9,12,14,16-17H,10-11H2,1H3/t12?,14-/m0/s1. The van der Waals surface area contributed by atoms with Gasteiger partial charge in [-0.15, -0.1) is 0 Å². The molecule has 0 radical (unpaired) electrons. The van der Waals surface area contributed by atoms with Crippen molar-refractivity contribution in [2.75, 3.05) is 6.61 Å². The number of furan rings is 1. The summed E-state index contributed by atoms with van der Waals surface area (Å²) in [6.45, 7) is 2.15. The quantitative estimate of drug-likeness (QED) is 0.822. The molecule has 0 saturated heterocycles. The van der Waals surface area contributed by atoms with Crippen LogP contribution in [0.15, 0.2) is 53.1 Å². The Balaban J connectivity index is 1.93. The van der Waals surface area contributed by atoms with Crippen LogP contribution in [0.25, 0.3) is 0 Å². The normalized spacial score (nSPS) is 14.3. The van der Waals surface area contributed by atoms with E-state index in [9.17, 15) is 5.11 Å². The molecule has 1 heterocycles. The Kier molecular flexibility index (Phi) is 4.56. The Morgan fingerprint density at radius 1 is 1.17 bits per heavy atom. The summed E-state index contributed by atoms with van der Waals surface area (Å²) < 4.78 is 5.35. The van der Waals surface area contributed by atoms with Crippen LogP contribution in [-0.4, -0.2) is 17.8 Å². The fourth-order valence-electron chi connectivity index (χ4n) is 2.05. The lowest BCUT2D eigenvalue weighted by molar-refractivity contribution is 0.227. The highest BCUT2D eigenvalue weighted by Gasteiger charge is 2.14. The number of benzene rings is 1. The maximum atomic E-state index is 9.44. The van der Waals surface area contributed by atoms with E-state index in [4.69, 9.17) is 4.42 Å². The smallest absolute Gasteiger partial charge is 0.120 e. The van der Waals surface area contributed by atoms with Gasteiger partial charge in [0.15, 0.2) is 0 Å². The second-order valence-electron chi connectivity index (χ2n) is 4.47. The second kappa shape index (κ2) is 6.38. The first kappa shape index (κ1) is 12.9. The van der Waals surface area contributed by atoms with Crippen molar-refractivity contribution in [2.24, 2.45) is 0 Å². The molecule has 2 aromatic rings. The van der Waals surface area contributed by atoms with Crippen LogP contribution < -0.4 is 5.32 Å². The van der Waals surface area contributed by atoms with Crippen LogP contribution in [0.2, 0.25) is 0 Å². The fraction of sp³-hybridized carbons (Fsp3) is 0.333. The first-order valence-electron chi connectivity index (χ1n) is 6.24. The molecule has 3 nitrogen and oxygen atoms in total. The highest BCUT2D eigenvalue weighted by molar-refractivity contribution is 5.16. The zero-order valence-corrected chi connectivity index (χ0v) is 10.5. The summed E-state index contributed by atoms with van der Waals surface area (Å²) in [7, 11) is 0. The van der Waals surface area contributed by atoms with Gasteiger partial charge in [-0.2, -0.15) is 0 Å². The average Bonchev–Trinajstić information content (AvgIpc) is 2.93. The summed E-state index contributed by atoms with van der Waals surface area (Å²) in [5, 5.41) is 12.8. The molecule has 0 amide bonds. The number of hydrogen-bond donors (Lipinski definition) is 2. The van der Waals surface area contributed by atoms with Gasteiger partial charge in [0.05, 0.1) is 18.9 Å². The van der Waals surface area contributed by atoms with Gasteiger partial charge in [-0.05, 0) is 31.0 Å². The first-order valence-corrected chi connectivity index (χ1v) is 6.24. The summed E-state index contributed by atoms with van der Waals surface area (Å²) in [6, 6.07) is 14.1. The molecular formula is C15H19NO2. The highest BCUT2D eigenvalue weighted by atomic mass is 16.3. The molecule has 0 bridgehead atoms. The van der Waals surface area contributed by atoms with Crippen molar-refractivity contribution in [2.45, 2.75) is 25.4 Å². The van der Waals surface area contributed by atoms with E-state index in [1.807, 2.05) is 37.3 Å². The largest absolute Gasteiger partial charge is 0.468 e. The molecule has 0 aliphatic carbocycles. The Morgan fingerprint density at radius 2 is 1.94 bits per heavy atom. The number of rotatable bonds is 6. The molecule has 0 aliphatic rings. The van der Waals surface area contributed by atoms with Crippen LogP contribution in [0.5, 0.6) is 0 Å². The molecule has 0 fully saturated rings. The number of hydrogen-bond acceptors (Lipinski definition) is 3. The Labute approximate surface area is 107 Å². The Morgan fingerprint density at radius 3 is 2.56 bits per heavy atom. The van der Waals surface area contributed by atoms with E-state index >= 15 is 0 Å². The van der Waals surface area contributed by atoms with Crippen LogP contribution >= 0.6 is 0 Å². The molecule has 2 atom stereocenters. The molecule has 0 aliphatic heterocycles. The summed E-state index contributed by atoms with van der Waals surface area (Å²) in [4.78, 5) is 0. The summed E-state index contributed by atoms with van der Waals surface area (Å²) in [5.74, 6) is 0.890. The van der Waals surface area contributed by atoms with E-state index in [2.05, 4.69) is 17.4 Å². The molecule has 96 valence electrons. The minimum Gasteiger partial charge on any atom is -0.468 e. The molecule has 0 saturated carbocycles. The van der Waals surface area contributed by atoms with E-state index in [1.165, 1.54) is 5.56 Å². The average molecular weight is 245 g/mol. The van der Waals surface area contributed by atoms with Gasteiger partial charge in [0.1, 0.15) is 5.76 Å². The summed E-state index contributed by atoms with van der Waals surface area (Å²) in [5.41, 5.74) is 1.22. The monoisotopic (exact) mass is 245 g/mol. The van der Waals surface area contributed by atoms with Gasteiger partial charge < -0.3 is 14.8 Å². The van der Waals surface area contributed by atoms with Crippen LogP contribution in [0.1, 0.15) is 24.3 Å². The molecule has 1 aromatic carbocycles. The lowest BCUT2D eigenvalue weighted by Gasteiger charge is -2.20. The van der Waals surface area contributed by atoms with E-state index < -0.39 is 0 Å². The van der Waals surface area contributed by atoms with Gasteiger partial charge in [0, 0.05) is 6.04 Å². The maximum Gasteiger partial charge on any atom is 0.120 e. The van der Waals surface area contributed by atoms with E-state index in [1.54, 1.807) is 6.26 Å². The molecular weight excluding hydrogens is 226 g/mol. The molecule has 2 rings (SSSR count). The van der Waals surface area contributed by atoms with Gasteiger partial charge >= 0.3 is 0 Å². The number of nitrogens with one attached hydrogen (secondary N) is 1. The van der Waals surface area contributed by atoms with E-state index in [0.717, 1.165) is 12.2 Å². The molecule has 2 N–H and O–H groups in total. The zero-order chi connectivity index (χ0) is 12.8. The summed E-state index contributed by atoms with van der Waals surface area (Å²) in [6.07, 6.45) is 2.47. The van der Waals surface area contributed by atoms with Crippen LogP contribution in [0.3, 0.4) is 0 Å². The van der Waals surface area contributed by atoms with Crippen LogP contribution in [0, 0.1) is 0 Å². The highest BCUT2D eigenvalue weighted by Crippen LogP contribution is 2.14. The van der Waals surface area contributed by atoms with Crippen molar-refractivity contribution in [3.8, 4) is 0 Å². The minimum absolute atomic E-state index is 0.0347. The van der Waals surface area contributed by atoms with E-state index in [-0.39, 0.29) is 18.7 Å². The first-order chi connectivity index (χ1) is 8.79. The number of aliphatic hydroxyl groups excluding tert-OH is 1. The third-order valence-electron chi connectivity index (χ3n) is 3.00. The van der Waals surface area contributed by atoms with Crippen molar-refractivity contribution in [3.05, 3.63) is 60.1 Å². The zero-order valence-electron chi connectivity index (χ0n) is 10.5. The molecule has 0 spiro atoms. The number of aliphatic hydroxyl groups is 1. The van der Waals surface area contributed by atoms with E-state index in [0.29, 0.717) is 0 Å². The minimum atomic E-state index is 0.0347. The molecule has 1 unspecified atom stereocenters.